The summed E-state index contributed by atoms with van der Waals surface area (Å²) in [5.74, 6) is -11.8. The maximum absolute atomic E-state index is 13.8. The minimum Gasteiger partial charge on any atom is -0.382 e. The Balaban J connectivity index is 2.06. The van der Waals surface area contributed by atoms with Crippen LogP contribution < -0.4 is 0 Å². The van der Waals surface area contributed by atoms with E-state index in [1.807, 2.05) is 0 Å². The molecule has 0 aliphatic heterocycles. The second kappa shape index (κ2) is 7.57. The van der Waals surface area contributed by atoms with Crippen LogP contribution in [-0.4, -0.2) is 25.0 Å². The summed E-state index contributed by atoms with van der Waals surface area (Å²) in [6.45, 7) is 0. The summed E-state index contributed by atoms with van der Waals surface area (Å²) in [7, 11) is 0. The average Bonchev–Trinajstić information content (AvgIpc) is 3.20. The van der Waals surface area contributed by atoms with E-state index < -0.39 is 74.5 Å². The van der Waals surface area contributed by atoms with Crippen LogP contribution in [0.4, 0.5) is 40.8 Å². The van der Waals surface area contributed by atoms with Crippen LogP contribution in [0.5, 0.6) is 0 Å². The first-order valence-corrected chi connectivity index (χ1v) is 7.82. The van der Waals surface area contributed by atoms with Gasteiger partial charge in [-0.05, 0) is 12.1 Å². The molecule has 0 amide bonds. The van der Waals surface area contributed by atoms with Gasteiger partial charge in [0.1, 0.15) is 17.4 Å². The van der Waals surface area contributed by atoms with Crippen LogP contribution in [0.1, 0.15) is 22.9 Å². The fourth-order valence-corrected chi connectivity index (χ4v) is 2.59. The quantitative estimate of drug-likeness (QED) is 0.212. The Morgan fingerprint density at radius 2 is 1.55 bits per heavy atom. The molecule has 0 saturated carbocycles. The van der Waals surface area contributed by atoms with Crippen molar-refractivity contribution in [2.24, 2.45) is 0 Å². The van der Waals surface area contributed by atoms with Gasteiger partial charge >= 0.3 is 6.18 Å². The van der Waals surface area contributed by atoms with Gasteiger partial charge in [-0.3, -0.25) is 10.1 Å². The van der Waals surface area contributed by atoms with Gasteiger partial charge in [-0.15, -0.1) is 5.10 Å². The smallest absolute Gasteiger partial charge is 0.382 e. The summed E-state index contributed by atoms with van der Waals surface area (Å²) >= 11 is 0. The molecule has 0 fully saturated rings. The predicted molar refractivity (Wildman–Crippen MR) is 83.3 cm³/mol. The SMILES string of the molecule is O=[N+]([O-])c1ccc(-n2cc(C(O)c3c(F)c(F)c(F)c(F)c3F)nn2)cc1C(F)(F)F. The number of nitro groups is 1. The molecule has 31 heavy (non-hydrogen) atoms. The van der Waals surface area contributed by atoms with Crippen LogP contribution in [-0.2, 0) is 6.18 Å². The van der Waals surface area contributed by atoms with Crippen molar-refractivity contribution in [2.75, 3.05) is 0 Å². The summed E-state index contributed by atoms with van der Waals surface area (Å²) in [5.41, 5.74) is -5.80. The van der Waals surface area contributed by atoms with E-state index in [0.717, 1.165) is 6.07 Å². The molecule has 3 aromatic rings. The maximum Gasteiger partial charge on any atom is 0.423 e. The standard InChI is InChI=1S/C16H6F8N4O3/c17-10-9(11(18)13(20)14(21)12(10)19)15(29)7-4-27(26-25-7)5-1-2-8(28(30)31)6(3-5)16(22,23)24/h1-4,15,29H. The van der Waals surface area contributed by atoms with Crippen molar-refractivity contribution in [3.8, 4) is 5.69 Å². The number of aliphatic hydroxyl groups excluding tert-OH is 1. The van der Waals surface area contributed by atoms with Crippen molar-refractivity contribution in [1.82, 2.24) is 15.0 Å². The third-order valence-corrected chi connectivity index (χ3v) is 4.06. The number of hydrogen-bond donors (Lipinski definition) is 1. The molecule has 164 valence electrons. The van der Waals surface area contributed by atoms with Crippen LogP contribution in [0.3, 0.4) is 0 Å². The Bertz CT molecular complexity index is 1170. The molecule has 0 spiro atoms. The highest BCUT2D eigenvalue weighted by atomic mass is 19.4. The Kier molecular flexibility index (Phi) is 5.39. The van der Waals surface area contributed by atoms with Gasteiger partial charge in [-0.2, -0.15) is 13.2 Å². The largest absolute Gasteiger partial charge is 0.423 e. The van der Waals surface area contributed by atoms with E-state index in [-0.39, 0.29) is 0 Å². The minimum atomic E-state index is -5.13. The number of nitro benzene ring substituents is 1. The van der Waals surface area contributed by atoms with Gasteiger partial charge in [-0.25, -0.2) is 26.6 Å². The molecule has 1 atom stereocenters. The normalized spacial score (nSPS) is 12.8. The molecule has 1 unspecified atom stereocenters. The van der Waals surface area contributed by atoms with Gasteiger partial charge in [0.25, 0.3) is 5.69 Å². The molecular formula is C16H6F8N4O3. The third kappa shape index (κ3) is 3.78. The molecule has 1 N–H and O–H groups in total. The first kappa shape index (κ1) is 22.1. The van der Waals surface area contributed by atoms with E-state index >= 15 is 0 Å². The highest BCUT2D eigenvalue weighted by molar-refractivity contribution is 5.49. The number of hydrogen-bond acceptors (Lipinski definition) is 5. The number of halogens is 8. The van der Waals surface area contributed by atoms with Gasteiger partial charge in [0.2, 0.25) is 5.82 Å². The molecule has 0 saturated heterocycles. The molecule has 0 aliphatic rings. The minimum absolute atomic E-state index is 0.321. The van der Waals surface area contributed by atoms with Gasteiger partial charge in [0.05, 0.1) is 22.4 Å². The zero-order chi connectivity index (χ0) is 23.2. The molecule has 1 aromatic heterocycles. The molecule has 3 rings (SSSR count). The highest BCUT2D eigenvalue weighted by Gasteiger charge is 2.39. The van der Waals surface area contributed by atoms with E-state index in [4.69, 9.17) is 0 Å². The zero-order valence-electron chi connectivity index (χ0n) is 14.5. The predicted octanol–water partition coefficient (Wildman–Crippen LogP) is 3.97. The van der Waals surface area contributed by atoms with Crippen LogP contribution in [0.25, 0.3) is 5.69 Å². The number of rotatable bonds is 4. The monoisotopic (exact) mass is 454 g/mol. The van der Waals surface area contributed by atoms with Crippen LogP contribution in [0, 0.1) is 39.2 Å². The second-order valence-electron chi connectivity index (χ2n) is 5.93. The van der Waals surface area contributed by atoms with Crippen molar-refractivity contribution in [1.29, 1.82) is 0 Å². The van der Waals surface area contributed by atoms with Crippen LogP contribution >= 0.6 is 0 Å². The molecule has 1 heterocycles. The van der Waals surface area contributed by atoms with Crippen molar-refractivity contribution < 1.29 is 45.2 Å². The zero-order valence-corrected chi connectivity index (χ0v) is 14.5. The Morgan fingerprint density at radius 3 is 2.06 bits per heavy atom. The highest BCUT2D eigenvalue weighted by Crippen LogP contribution is 2.37. The molecule has 15 heteroatoms. The molecule has 0 radical (unpaired) electrons. The fourth-order valence-electron chi connectivity index (χ4n) is 2.59. The molecule has 0 bridgehead atoms. The Hall–Kier alpha value is -3.62. The average molecular weight is 454 g/mol. The van der Waals surface area contributed by atoms with Gasteiger partial charge in [0, 0.05) is 6.07 Å². The first-order chi connectivity index (χ1) is 14.3. The lowest BCUT2D eigenvalue weighted by Gasteiger charge is -2.12. The number of benzene rings is 2. The van der Waals surface area contributed by atoms with Crippen molar-refractivity contribution in [3.63, 3.8) is 0 Å². The third-order valence-electron chi connectivity index (χ3n) is 4.06. The van der Waals surface area contributed by atoms with E-state index in [1.165, 1.54) is 0 Å². The van der Waals surface area contributed by atoms with Crippen LogP contribution in [0.15, 0.2) is 24.4 Å². The molecule has 2 aromatic carbocycles. The lowest BCUT2D eigenvalue weighted by molar-refractivity contribution is -0.388. The Labute approximate surface area is 165 Å². The summed E-state index contributed by atoms with van der Waals surface area (Å²) < 4.78 is 107. The molecule has 7 nitrogen and oxygen atoms in total. The van der Waals surface area contributed by atoms with E-state index in [2.05, 4.69) is 10.3 Å². The second-order valence-corrected chi connectivity index (χ2v) is 5.93. The van der Waals surface area contributed by atoms with Gasteiger partial charge < -0.3 is 5.11 Å². The van der Waals surface area contributed by atoms with Gasteiger partial charge in [0.15, 0.2) is 23.3 Å². The molecule has 0 aliphatic carbocycles. The summed E-state index contributed by atoms with van der Waals surface area (Å²) in [6, 6.07) is 1.66. The van der Waals surface area contributed by atoms with Crippen molar-refractivity contribution in [2.45, 2.75) is 12.3 Å². The number of aromatic nitrogens is 3. The van der Waals surface area contributed by atoms with Gasteiger partial charge in [-0.1, -0.05) is 5.21 Å². The number of nitrogens with zero attached hydrogens (tertiary/aromatic N) is 4. The summed E-state index contributed by atoms with van der Waals surface area (Å²) in [4.78, 5) is 9.52. The lowest BCUT2D eigenvalue weighted by atomic mass is 10.0. The van der Waals surface area contributed by atoms with Crippen molar-refractivity contribution >= 4 is 5.69 Å². The fraction of sp³-hybridized carbons (Fsp3) is 0.125. The van der Waals surface area contributed by atoms with Crippen LogP contribution in [0.2, 0.25) is 0 Å². The topological polar surface area (TPSA) is 94.1 Å². The summed E-state index contributed by atoms with van der Waals surface area (Å²) in [5, 5.41) is 27.4. The van der Waals surface area contributed by atoms with E-state index in [0.29, 0.717) is 23.0 Å². The first-order valence-electron chi connectivity index (χ1n) is 7.82. The maximum atomic E-state index is 13.8. The Morgan fingerprint density at radius 1 is 1.00 bits per heavy atom. The van der Waals surface area contributed by atoms with Crippen molar-refractivity contribution in [3.05, 3.63) is 80.4 Å². The number of alkyl halides is 3. The lowest BCUT2D eigenvalue weighted by Crippen LogP contribution is -2.12. The van der Waals surface area contributed by atoms with E-state index in [9.17, 15) is 50.3 Å². The van der Waals surface area contributed by atoms with E-state index in [1.54, 1.807) is 0 Å². The molecular weight excluding hydrogens is 448 g/mol. The summed E-state index contributed by atoms with van der Waals surface area (Å²) in [6.07, 6.45) is -7.01. The number of aliphatic hydroxyl groups is 1.